The van der Waals surface area contributed by atoms with Crippen LogP contribution in [0.25, 0.3) is 0 Å². The van der Waals surface area contributed by atoms with E-state index in [1.807, 2.05) is 42.5 Å². The summed E-state index contributed by atoms with van der Waals surface area (Å²) in [5, 5.41) is 3.30. The summed E-state index contributed by atoms with van der Waals surface area (Å²) in [6.45, 7) is 3.14. The molecule has 0 saturated carbocycles. The Bertz CT molecular complexity index is 868. The molecule has 0 bridgehead atoms. The number of carbonyl (C=O) groups is 1. The van der Waals surface area contributed by atoms with Crippen molar-refractivity contribution in [1.29, 1.82) is 0 Å². The van der Waals surface area contributed by atoms with Crippen LogP contribution < -0.4 is 5.32 Å². The molecular formula is C24H30N2O3S. The van der Waals surface area contributed by atoms with Gasteiger partial charge in [-0.15, -0.1) is 0 Å². The number of nitrogens with one attached hydrogen (secondary N) is 1. The maximum atomic E-state index is 13.0. The van der Waals surface area contributed by atoms with E-state index in [2.05, 4.69) is 22.3 Å². The molecule has 2 atom stereocenters. The van der Waals surface area contributed by atoms with E-state index in [1.165, 1.54) is 5.56 Å². The van der Waals surface area contributed by atoms with Gasteiger partial charge in [-0.1, -0.05) is 42.5 Å². The van der Waals surface area contributed by atoms with E-state index in [0.29, 0.717) is 19.0 Å². The fourth-order valence-electron chi connectivity index (χ4n) is 4.32. The fourth-order valence-corrected chi connectivity index (χ4v) is 5.78. The molecule has 2 heterocycles. The lowest BCUT2D eigenvalue weighted by Crippen LogP contribution is -2.39. The Morgan fingerprint density at radius 1 is 1.03 bits per heavy atom. The zero-order valence-corrected chi connectivity index (χ0v) is 18.1. The number of likely N-dealkylation sites (tertiary alicyclic amines) is 1. The molecule has 2 saturated heterocycles. The van der Waals surface area contributed by atoms with Crippen LogP contribution in [0.5, 0.6) is 0 Å². The van der Waals surface area contributed by atoms with Crippen molar-refractivity contribution in [2.24, 2.45) is 0 Å². The normalized spacial score (nSPS) is 21.4. The topological polar surface area (TPSA) is 58.6 Å². The van der Waals surface area contributed by atoms with E-state index < -0.39 is 10.8 Å². The molecule has 160 valence electrons. The molecule has 2 aliphatic rings. The third-order valence-corrected chi connectivity index (χ3v) is 7.77. The largest absolute Gasteiger partial charge is 0.381 e. The third kappa shape index (κ3) is 5.56. The fraction of sp³-hybridized carbons (Fsp3) is 0.458. The Balaban J connectivity index is 1.35. The number of nitrogens with zero attached hydrogens (tertiary/aromatic N) is 1. The lowest BCUT2D eigenvalue weighted by molar-refractivity contribution is -0.120. The molecule has 1 amide bonds. The summed E-state index contributed by atoms with van der Waals surface area (Å²) < 4.78 is 18.1. The Morgan fingerprint density at radius 3 is 2.60 bits per heavy atom. The number of ether oxygens (including phenoxy) is 1. The zero-order chi connectivity index (χ0) is 20.8. The molecule has 5 nitrogen and oxygen atoms in total. The summed E-state index contributed by atoms with van der Waals surface area (Å²) in [4.78, 5) is 15.2. The number of anilines is 1. The minimum Gasteiger partial charge on any atom is -0.381 e. The lowest BCUT2D eigenvalue weighted by atomic mass is 10.1. The summed E-state index contributed by atoms with van der Waals surface area (Å²) in [6.07, 6.45) is 3.64. The maximum absolute atomic E-state index is 13.0. The highest BCUT2D eigenvalue weighted by atomic mass is 32.2. The number of hydrogen-bond donors (Lipinski definition) is 1. The van der Waals surface area contributed by atoms with Crippen LogP contribution in [0, 0.1) is 0 Å². The van der Waals surface area contributed by atoms with Crippen LogP contribution >= 0.6 is 0 Å². The van der Waals surface area contributed by atoms with Gasteiger partial charge < -0.3 is 10.1 Å². The molecule has 2 aromatic carbocycles. The molecular weight excluding hydrogens is 396 g/mol. The van der Waals surface area contributed by atoms with Crippen molar-refractivity contribution in [3.8, 4) is 0 Å². The van der Waals surface area contributed by atoms with Gasteiger partial charge in [0.2, 0.25) is 5.91 Å². The second-order valence-electron chi connectivity index (χ2n) is 8.14. The molecule has 2 aromatic rings. The number of benzene rings is 2. The first-order valence-electron chi connectivity index (χ1n) is 10.8. The first-order chi connectivity index (χ1) is 14.7. The van der Waals surface area contributed by atoms with Gasteiger partial charge in [-0.05, 0) is 55.5 Å². The summed E-state index contributed by atoms with van der Waals surface area (Å²) in [5.74, 6) is 0.573. The minimum atomic E-state index is -0.910. The molecule has 2 fully saturated rings. The van der Waals surface area contributed by atoms with Crippen LogP contribution in [0.4, 0.5) is 5.69 Å². The summed E-state index contributed by atoms with van der Waals surface area (Å²) in [6, 6.07) is 18.0. The van der Waals surface area contributed by atoms with Gasteiger partial charge in [0, 0.05) is 47.2 Å². The highest BCUT2D eigenvalue weighted by Gasteiger charge is 2.30. The average Bonchev–Trinajstić information content (AvgIpc) is 3.23. The van der Waals surface area contributed by atoms with Gasteiger partial charge in [0.25, 0.3) is 0 Å². The van der Waals surface area contributed by atoms with Crippen LogP contribution in [0.3, 0.4) is 0 Å². The molecule has 4 rings (SSSR count). The molecule has 0 aliphatic carbocycles. The van der Waals surface area contributed by atoms with E-state index >= 15 is 0 Å². The SMILES string of the molecule is O=C(Nc1cccc(CS(=O)C2CCOCC2)c1)C1CCCN1Cc1ccccc1. The number of rotatable bonds is 7. The van der Waals surface area contributed by atoms with Crippen molar-refractivity contribution in [2.45, 2.75) is 49.3 Å². The van der Waals surface area contributed by atoms with Gasteiger partial charge in [0.05, 0.1) is 6.04 Å². The predicted octanol–water partition coefficient (Wildman–Crippen LogP) is 3.72. The van der Waals surface area contributed by atoms with Crippen molar-refractivity contribution in [3.63, 3.8) is 0 Å². The monoisotopic (exact) mass is 426 g/mol. The van der Waals surface area contributed by atoms with Crippen LogP contribution in [0.2, 0.25) is 0 Å². The summed E-state index contributed by atoms with van der Waals surface area (Å²) in [5.41, 5.74) is 3.02. The van der Waals surface area contributed by atoms with Gasteiger partial charge in [-0.3, -0.25) is 13.9 Å². The van der Waals surface area contributed by atoms with Crippen molar-refractivity contribution >= 4 is 22.4 Å². The first-order valence-corrected chi connectivity index (χ1v) is 12.2. The Hall–Kier alpha value is -2.02. The van der Waals surface area contributed by atoms with Crippen LogP contribution in [0.15, 0.2) is 54.6 Å². The van der Waals surface area contributed by atoms with Crippen molar-refractivity contribution in [1.82, 2.24) is 4.90 Å². The van der Waals surface area contributed by atoms with Gasteiger partial charge in [0.1, 0.15) is 0 Å². The van der Waals surface area contributed by atoms with Crippen LogP contribution in [0.1, 0.15) is 36.8 Å². The smallest absolute Gasteiger partial charge is 0.241 e. The molecule has 30 heavy (non-hydrogen) atoms. The van der Waals surface area contributed by atoms with Crippen molar-refractivity contribution in [2.75, 3.05) is 25.1 Å². The molecule has 2 aliphatic heterocycles. The van der Waals surface area contributed by atoms with Crippen molar-refractivity contribution in [3.05, 3.63) is 65.7 Å². The van der Waals surface area contributed by atoms with Gasteiger partial charge in [-0.25, -0.2) is 0 Å². The highest BCUT2D eigenvalue weighted by Crippen LogP contribution is 2.23. The Morgan fingerprint density at radius 2 is 1.80 bits per heavy atom. The standard InChI is InChI=1S/C24H30N2O3S/c27-24(23-10-5-13-26(23)17-19-6-2-1-3-7-19)25-21-9-4-8-20(16-21)18-30(28)22-11-14-29-15-12-22/h1-4,6-9,16,22-23H,5,10-15,17-18H2,(H,25,27). The van der Waals surface area contributed by atoms with Crippen LogP contribution in [-0.4, -0.2) is 46.1 Å². The Labute approximate surface area is 181 Å². The zero-order valence-electron chi connectivity index (χ0n) is 17.3. The van der Waals surface area contributed by atoms with Gasteiger partial charge in [-0.2, -0.15) is 0 Å². The van der Waals surface area contributed by atoms with E-state index in [-0.39, 0.29) is 17.2 Å². The molecule has 2 unspecified atom stereocenters. The maximum Gasteiger partial charge on any atom is 0.241 e. The minimum absolute atomic E-state index is 0.0473. The first kappa shape index (κ1) is 21.2. The number of hydrogen-bond acceptors (Lipinski definition) is 4. The van der Waals surface area contributed by atoms with Crippen molar-refractivity contribution < 1.29 is 13.7 Å². The molecule has 1 N–H and O–H groups in total. The van der Waals surface area contributed by atoms with Crippen LogP contribution in [-0.2, 0) is 32.6 Å². The lowest BCUT2D eigenvalue weighted by Gasteiger charge is -2.24. The number of carbonyl (C=O) groups excluding carboxylic acids is 1. The second-order valence-corrected chi connectivity index (χ2v) is 9.86. The van der Waals surface area contributed by atoms with E-state index in [4.69, 9.17) is 4.74 Å². The number of amides is 1. The predicted molar refractivity (Wildman–Crippen MR) is 121 cm³/mol. The molecule has 0 aromatic heterocycles. The molecule has 0 spiro atoms. The highest BCUT2D eigenvalue weighted by molar-refractivity contribution is 7.84. The average molecular weight is 427 g/mol. The quantitative estimate of drug-likeness (QED) is 0.733. The molecule has 0 radical (unpaired) electrons. The van der Waals surface area contributed by atoms with E-state index in [0.717, 1.165) is 50.0 Å². The Kier molecular flexibility index (Phi) is 7.31. The second kappa shape index (κ2) is 10.3. The summed E-state index contributed by atoms with van der Waals surface area (Å²) in [7, 11) is -0.910. The van der Waals surface area contributed by atoms with E-state index in [9.17, 15) is 9.00 Å². The third-order valence-electron chi connectivity index (χ3n) is 5.94. The van der Waals surface area contributed by atoms with Gasteiger partial charge >= 0.3 is 0 Å². The van der Waals surface area contributed by atoms with Gasteiger partial charge in [0.15, 0.2) is 0 Å². The summed E-state index contributed by atoms with van der Waals surface area (Å²) >= 11 is 0. The van der Waals surface area contributed by atoms with E-state index in [1.54, 1.807) is 0 Å². The molecule has 6 heteroatoms.